The molecule has 4 rings (SSSR count). The molecular weight excluding hydrogens is 487 g/mol. The van der Waals surface area contributed by atoms with Gasteiger partial charge in [-0.05, 0) is 42.5 Å². The molecule has 1 N–H and O–H groups in total. The van der Waals surface area contributed by atoms with Crippen LogP contribution in [-0.4, -0.2) is 77.6 Å². The Hall–Kier alpha value is -3.70. The molecule has 0 bridgehead atoms. The highest BCUT2D eigenvalue weighted by molar-refractivity contribution is 6.04. The van der Waals surface area contributed by atoms with Crippen molar-refractivity contribution in [1.29, 1.82) is 0 Å². The van der Waals surface area contributed by atoms with Crippen molar-refractivity contribution in [2.75, 3.05) is 51.2 Å². The highest BCUT2D eigenvalue weighted by atomic mass is 19.4. The maximum absolute atomic E-state index is 13.0. The van der Waals surface area contributed by atoms with Crippen LogP contribution in [-0.2, 0) is 18.0 Å². The van der Waals surface area contributed by atoms with E-state index >= 15 is 0 Å². The van der Waals surface area contributed by atoms with Gasteiger partial charge in [0.2, 0.25) is 0 Å². The summed E-state index contributed by atoms with van der Waals surface area (Å²) in [7, 11) is 1.78. The van der Waals surface area contributed by atoms with Crippen LogP contribution >= 0.6 is 0 Å². The van der Waals surface area contributed by atoms with E-state index in [9.17, 15) is 22.8 Å². The number of hydrogen-bond donors (Lipinski definition) is 1. The summed E-state index contributed by atoms with van der Waals surface area (Å²) in [4.78, 5) is 27.8. The summed E-state index contributed by atoms with van der Waals surface area (Å²) in [5, 5.41) is 6.89. The van der Waals surface area contributed by atoms with Gasteiger partial charge in [0.25, 0.3) is 5.91 Å². The molecule has 0 unspecified atom stereocenters. The maximum atomic E-state index is 13.0. The molecule has 196 valence electrons. The van der Waals surface area contributed by atoms with Crippen LogP contribution in [0.3, 0.4) is 0 Å². The maximum Gasteiger partial charge on any atom is 0.416 e. The number of ether oxygens (including phenoxy) is 1. The first-order chi connectivity index (χ1) is 17.7. The lowest BCUT2D eigenvalue weighted by Gasteiger charge is -2.33. The van der Waals surface area contributed by atoms with Crippen molar-refractivity contribution >= 4 is 17.9 Å². The number of carbonyl (C=O) groups is 2. The van der Waals surface area contributed by atoms with Gasteiger partial charge < -0.3 is 14.8 Å². The summed E-state index contributed by atoms with van der Waals surface area (Å²) in [6.45, 7) is 4.98. The summed E-state index contributed by atoms with van der Waals surface area (Å²) < 4.78 is 46.9. The Balaban J connectivity index is 1.46. The topological polar surface area (TPSA) is 79.7 Å². The largest absolute Gasteiger partial charge is 0.492 e. The number of rotatable bonds is 9. The van der Waals surface area contributed by atoms with E-state index in [1.807, 2.05) is 6.07 Å². The Morgan fingerprint density at radius 3 is 2.51 bits per heavy atom. The second kappa shape index (κ2) is 11.6. The molecule has 0 aliphatic carbocycles. The summed E-state index contributed by atoms with van der Waals surface area (Å²) in [6.07, 6.45) is -1.97. The zero-order valence-corrected chi connectivity index (χ0v) is 20.4. The average molecular weight is 516 g/mol. The number of nitrogens with one attached hydrogen (secondary N) is 1. The Bertz CT molecular complexity index is 1240. The molecule has 37 heavy (non-hydrogen) atoms. The third-order valence-electron chi connectivity index (χ3n) is 6.25. The fourth-order valence-electron chi connectivity index (χ4n) is 4.20. The van der Waals surface area contributed by atoms with Crippen LogP contribution in [0.15, 0.2) is 54.7 Å². The minimum Gasteiger partial charge on any atom is -0.492 e. The first-order valence-corrected chi connectivity index (χ1v) is 11.9. The van der Waals surface area contributed by atoms with E-state index in [2.05, 4.69) is 20.2 Å². The Kier molecular flexibility index (Phi) is 8.24. The minimum absolute atomic E-state index is 0.0922. The second-order valence-electron chi connectivity index (χ2n) is 8.74. The number of carbonyl (C=O) groups excluding carboxylic acids is 2. The number of hydrogen-bond acceptors (Lipinski definition) is 6. The van der Waals surface area contributed by atoms with Gasteiger partial charge in [-0.25, -0.2) is 0 Å². The molecular formula is C26H28F3N5O3. The zero-order valence-electron chi connectivity index (χ0n) is 20.4. The lowest BCUT2D eigenvalue weighted by atomic mass is 10.1. The summed E-state index contributed by atoms with van der Waals surface area (Å²) in [5.41, 5.74) is 0.887. The predicted molar refractivity (Wildman–Crippen MR) is 132 cm³/mol. The van der Waals surface area contributed by atoms with Crippen LogP contribution < -0.4 is 10.1 Å². The van der Waals surface area contributed by atoms with Crippen molar-refractivity contribution in [1.82, 2.24) is 19.6 Å². The number of anilines is 1. The first-order valence-electron chi connectivity index (χ1n) is 11.9. The number of alkyl halides is 3. The molecule has 1 saturated heterocycles. The number of aromatic nitrogens is 2. The Morgan fingerprint density at radius 2 is 1.84 bits per heavy atom. The molecule has 1 amide bonds. The third-order valence-corrected chi connectivity index (χ3v) is 6.25. The number of aryl methyl sites for hydroxylation is 1. The Morgan fingerprint density at radius 1 is 1.08 bits per heavy atom. The zero-order chi connectivity index (χ0) is 26.4. The van der Waals surface area contributed by atoms with Crippen LogP contribution in [0.5, 0.6) is 5.75 Å². The van der Waals surface area contributed by atoms with Crippen LogP contribution in [0.4, 0.5) is 18.9 Å². The van der Waals surface area contributed by atoms with Crippen LogP contribution in [0.1, 0.15) is 15.9 Å². The smallest absolute Gasteiger partial charge is 0.416 e. The highest BCUT2D eigenvalue weighted by Crippen LogP contribution is 2.33. The molecule has 1 aliphatic rings. The average Bonchev–Trinajstić information content (AvgIpc) is 3.31. The monoisotopic (exact) mass is 515 g/mol. The summed E-state index contributed by atoms with van der Waals surface area (Å²) in [6, 6.07) is 11.2. The lowest BCUT2D eigenvalue weighted by Crippen LogP contribution is -2.47. The Labute approximate surface area is 212 Å². The normalized spacial score (nSPS) is 14.9. The van der Waals surface area contributed by atoms with Crippen LogP contribution in [0.2, 0.25) is 0 Å². The van der Waals surface area contributed by atoms with E-state index in [1.165, 1.54) is 12.1 Å². The fraction of sp³-hybridized carbons (Fsp3) is 0.346. The van der Waals surface area contributed by atoms with Gasteiger partial charge in [-0.15, -0.1) is 0 Å². The van der Waals surface area contributed by atoms with E-state index in [4.69, 9.17) is 4.74 Å². The summed E-state index contributed by atoms with van der Waals surface area (Å²) >= 11 is 0. The van der Waals surface area contributed by atoms with E-state index in [0.717, 1.165) is 50.3 Å². The van der Waals surface area contributed by atoms with Crippen molar-refractivity contribution in [2.24, 2.45) is 7.05 Å². The fourth-order valence-corrected chi connectivity index (χ4v) is 4.20. The number of amides is 1. The number of aldehydes is 1. The second-order valence-corrected chi connectivity index (χ2v) is 8.74. The molecule has 0 spiro atoms. The van der Waals surface area contributed by atoms with Crippen molar-refractivity contribution in [3.8, 4) is 17.0 Å². The van der Waals surface area contributed by atoms with Gasteiger partial charge in [0.15, 0.2) is 0 Å². The number of benzene rings is 2. The molecule has 2 aromatic carbocycles. The molecule has 2 heterocycles. The highest BCUT2D eigenvalue weighted by Gasteiger charge is 2.31. The lowest BCUT2D eigenvalue weighted by molar-refractivity contribution is -0.137. The van der Waals surface area contributed by atoms with Gasteiger partial charge in [-0.1, -0.05) is 6.07 Å². The molecule has 1 aliphatic heterocycles. The van der Waals surface area contributed by atoms with Crippen LogP contribution in [0.25, 0.3) is 11.3 Å². The molecule has 0 radical (unpaired) electrons. The van der Waals surface area contributed by atoms with E-state index in [-0.39, 0.29) is 5.56 Å². The van der Waals surface area contributed by atoms with E-state index in [0.29, 0.717) is 36.7 Å². The summed E-state index contributed by atoms with van der Waals surface area (Å²) in [5.74, 6) is -0.0512. The molecule has 0 atom stereocenters. The van der Waals surface area contributed by atoms with Crippen molar-refractivity contribution in [3.63, 3.8) is 0 Å². The van der Waals surface area contributed by atoms with E-state index < -0.39 is 17.6 Å². The van der Waals surface area contributed by atoms with E-state index in [1.54, 1.807) is 36.1 Å². The molecule has 0 saturated carbocycles. The van der Waals surface area contributed by atoms with Gasteiger partial charge >= 0.3 is 6.18 Å². The minimum atomic E-state index is -4.54. The number of halogens is 3. The van der Waals surface area contributed by atoms with Gasteiger partial charge in [0.05, 0.1) is 17.8 Å². The molecule has 1 aromatic heterocycles. The predicted octanol–water partition coefficient (Wildman–Crippen LogP) is 3.55. The van der Waals surface area contributed by atoms with Gasteiger partial charge in [-0.3, -0.25) is 19.3 Å². The third kappa shape index (κ3) is 6.75. The quantitative estimate of drug-likeness (QED) is 0.439. The van der Waals surface area contributed by atoms with Gasteiger partial charge in [0, 0.05) is 62.8 Å². The standard InChI is InChI=1S/C26H28F3N5O3/c1-32-23(7-8-30-32)22-18-21(31-25(36)19-3-2-4-20(17-19)26(27,28)29)5-6-24(22)37-16-14-34-11-9-33(10-12-34)13-15-35/h2-8,15,17-18H,9-14,16H2,1H3,(H,31,36). The van der Waals surface area contributed by atoms with Gasteiger partial charge in [-0.2, -0.15) is 18.3 Å². The molecule has 1 fully saturated rings. The van der Waals surface area contributed by atoms with Crippen molar-refractivity contribution in [2.45, 2.75) is 6.18 Å². The molecule has 3 aromatic rings. The SMILES string of the molecule is Cn1nccc1-c1cc(NC(=O)c2cccc(C(F)(F)F)c2)ccc1OCCN1CCN(CC=O)CC1. The molecule has 8 nitrogen and oxygen atoms in total. The number of nitrogens with zero attached hydrogens (tertiary/aromatic N) is 4. The van der Waals surface area contributed by atoms with Crippen LogP contribution in [0, 0.1) is 0 Å². The first kappa shape index (κ1) is 26.4. The number of piperazine rings is 1. The van der Waals surface area contributed by atoms with Gasteiger partial charge in [0.1, 0.15) is 18.6 Å². The van der Waals surface area contributed by atoms with Crippen molar-refractivity contribution in [3.05, 3.63) is 65.9 Å². The van der Waals surface area contributed by atoms with Crippen molar-refractivity contribution < 1.29 is 27.5 Å². The molecule has 11 heteroatoms.